The van der Waals surface area contributed by atoms with Crippen molar-refractivity contribution in [2.45, 2.75) is 45.6 Å². The highest BCUT2D eigenvalue weighted by molar-refractivity contribution is 5.97. The molecule has 0 spiro atoms. The van der Waals surface area contributed by atoms with Gasteiger partial charge in [-0.15, -0.1) is 0 Å². The summed E-state index contributed by atoms with van der Waals surface area (Å²) in [5.41, 5.74) is 7.45. The van der Waals surface area contributed by atoms with Crippen LogP contribution < -0.4 is 10.5 Å². The van der Waals surface area contributed by atoms with E-state index < -0.39 is 0 Å². The maximum absolute atomic E-state index is 12.2. The van der Waals surface area contributed by atoms with E-state index in [9.17, 15) is 4.79 Å². The number of hydrogen-bond acceptors (Lipinski definition) is 3. The molecule has 4 heteroatoms. The molecule has 1 amide bonds. The van der Waals surface area contributed by atoms with Gasteiger partial charge in [0, 0.05) is 25.8 Å². The van der Waals surface area contributed by atoms with E-state index in [-0.39, 0.29) is 12.0 Å². The largest absolute Gasteiger partial charge is 0.490 e. The minimum atomic E-state index is -0.0545. The first-order valence-corrected chi connectivity index (χ1v) is 7.56. The highest BCUT2D eigenvalue weighted by Gasteiger charge is 2.28. The summed E-state index contributed by atoms with van der Waals surface area (Å²) in [6.07, 6.45) is 4.52. The number of hydrogen-bond donors (Lipinski definition) is 1. The van der Waals surface area contributed by atoms with Gasteiger partial charge in [-0.2, -0.15) is 0 Å². The Kier molecular flexibility index (Phi) is 4.45. The summed E-state index contributed by atoms with van der Waals surface area (Å²) in [6, 6.07) is 5.25. The summed E-state index contributed by atoms with van der Waals surface area (Å²) in [5, 5.41) is 0. The van der Waals surface area contributed by atoms with Gasteiger partial charge in [-0.1, -0.05) is 13.8 Å². The normalized spacial score (nSPS) is 18.3. The Bertz CT molecular complexity index is 514. The minimum Gasteiger partial charge on any atom is -0.490 e. The molecule has 0 aromatic heterocycles. The van der Waals surface area contributed by atoms with Gasteiger partial charge >= 0.3 is 0 Å². The second kappa shape index (κ2) is 5.96. The summed E-state index contributed by atoms with van der Waals surface area (Å²) in [4.78, 5) is 13.8. The first kappa shape index (κ1) is 15.7. The van der Waals surface area contributed by atoms with Crippen molar-refractivity contribution in [2.24, 2.45) is 5.41 Å². The summed E-state index contributed by atoms with van der Waals surface area (Å²) in [7, 11) is 3.48. The molecular formula is C17H26N2O2. The second-order valence-electron chi connectivity index (χ2n) is 6.94. The van der Waals surface area contributed by atoms with Gasteiger partial charge in [-0.25, -0.2) is 0 Å². The number of anilines is 1. The minimum absolute atomic E-state index is 0.0545. The van der Waals surface area contributed by atoms with Gasteiger partial charge in [-0.05, 0) is 43.2 Å². The third kappa shape index (κ3) is 3.90. The molecular weight excluding hydrogens is 264 g/mol. The molecule has 0 heterocycles. The topological polar surface area (TPSA) is 55.6 Å². The van der Waals surface area contributed by atoms with Crippen LogP contribution in [0, 0.1) is 5.41 Å². The lowest BCUT2D eigenvalue weighted by Gasteiger charge is -2.34. The molecule has 0 atom stereocenters. The quantitative estimate of drug-likeness (QED) is 0.869. The summed E-state index contributed by atoms with van der Waals surface area (Å²) >= 11 is 0. The molecule has 0 unspecified atom stereocenters. The van der Waals surface area contributed by atoms with E-state index >= 15 is 0 Å². The molecule has 0 bridgehead atoms. The fraction of sp³-hybridized carbons (Fsp3) is 0.588. The Morgan fingerprint density at radius 3 is 2.48 bits per heavy atom. The maximum atomic E-state index is 12.2. The van der Waals surface area contributed by atoms with Crippen LogP contribution in [-0.2, 0) is 0 Å². The number of nitrogen functional groups attached to an aromatic ring is 1. The fourth-order valence-corrected chi connectivity index (χ4v) is 2.72. The Morgan fingerprint density at radius 2 is 1.90 bits per heavy atom. The number of carbonyl (C=O) groups excluding carboxylic acids is 1. The number of amides is 1. The molecule has 2 rings (SSSR count). The molecule has 1 aliphatic rings. The van der Waals surface area contributed by atoms with Crippen molar-refractivity contribution in [1.82, 2.24) is 4.90 Å². The van der Waals surface area contributed by atoms with Gasteiger partial charge in [0.05, 0.1) is 11.7 Å². The number of ether oxygens (including phenoxy) is 1. The van der Waals surface area contributed by atoms with Gasteiger partial charge in [0.2, 0.25) is 0 Å². The molecule has 1 fully saturated rings. The first-order valence-electron chi connectivity index (χ1n) is 7.56. The van der Waals surface area contributed by atoms with Crippen LogP contribution in [0.15, 0.2) is 18.2 Å². The summed E-state index contributed by atoms with van der Waals surface area (Å²) in [5.74, 6) is 0.555. The van der Waals surface area contributed by atoms with Crippen LogP contribution in [0.1, 0.15) is 49.9 Å². The van der Waals surface area contributed by atoms with Gasteiger partial charge in [0.25, 0.3) is 5.91 Å². The summed E-state index contributed by atoms with van der Waals surface area (Å²) < 4.78 is 6.10. The van der Waals surface area contributed by atoms with Crippen molar-refractivity contribution in [3.63, 3.8) is 0 Å². The molecule has 1 aromatic rings. The monoisotopic (exact) mass is 290 g/mol. The first-order chi connectivity index (χ1) is 9.78. The number of benzene rings is 1. The summed E-state index contributed by atoms with van der Waals surface area (Å²) in [6.45, 7) is 4.59. The average Bonchev–Trinajstić information content (AvgIpc) is 2.40. The lowest BCUT2D eigenvalue weighted by molar-refractivity contribution is 0.0796. The van der Waals surface area contributed by atoms with Crippen molar-refractivity contribution >= 4 is 11.6 Å². The van der Waals surface area contributed by atoms with Crippen molar-refractivity contribution in [1.29, 1.82) is 0 Å². The Balaban J connectivity index is 2.16. The zero-order chi connectivity index (χ0) is 15.6. The molecule has 0 radical (unpaired) electrons. The molecule has 4 nitrogen and oxygen atoms in total. The van der Waals surface area contributed by atoms with E-state index in [1.54, 1.807) is 37.2 Å². The SMILES string of the molecule is CN(C)C(=O)c1ccc(N)cc1OC1CCC(C)(C)CC1. The molecule has 1 aromatic carbocycles. The Labute approximate surface area is 127 Å². The lowest BCUT2D eigenvalue weighted by Crippen LogP contribution is -2.29. The van der Waals surface area contributed by atoms with E-state index in [0.29, 0.717) is 22.4 Å². The van der Waals surface area contributed by atoms with E-state index in [4.69, 9.17) is 10.5 Å². The molecule has 2 N–H and O–H groups in total. The van der Waals surface area contributed by atoms with E-state index in [1.807, 2.05) is 0 Å². The maximum Gasteiger partial charge on any atom is 0.257 e. The number of nitrogens with two attached hydrogens (primary N) is 1. The van der Waals surface area contributed by atoms with E-state index in [0.717, 1.165) is 25.7 Å². The highest BCUT2D eigenvalue weighted by Crippen LogP contribution is 2.37. The molecule has 1 aliphatic carbocycles. The lowest BCUT2D eigenvalue weighted by atomic mass is 9.76. The molecule has 0 aliphatic heterocycles. The second-order valence-corrected chi connectivity index (χ2v) is 6.94. The van der Waals surface area contributed by atoms with Crippen molar-refractivity contribution in [3.8, 4) is 5.75 Å². The van der Waals surface area contributed by atoms with Gasteiger partial charge < -0.3 is 15.4 Å². The number of carbonyl (C=O) groups is 1. The van der Waals surface area contributed by atoms with Gasteiger partial charge in [0.1, 0.15) is 5.75 Å². The number of rotatable bonds is 3. The predicted octanol–water partition coefficient (Wildman–Crippen LogP) is 3.32. The van der Waals surface area contributed by atoms with Crippen molar-refractivity contribution < 1.29 is 9.53 Å². The molecule has 0 saturated heterocycles. The predicted molar refractivity (Wildman–Crippen MR) is 85.5 cm³/mol. The third-order valence-electron chi connectivity index (χ3n) is 4.22. The smallest absolute Gasteiger partial charge is 0.257 e. The van der Waals surface area contributed by atoms with Crippen LogP contribution in [0.3, 0.4) is 0 Å². The van der Waals surface area contributed by atoms with E-state index in [2.05, 4.69) is 13.8 Å². The van der Waals surface area contributed by atoms with Crippen LogP contribution in [0.2, 0.25) is 0 Å². The Morgan fingerprint density at radius 1 is 1.29 bits per heavy atom. The zero-order valence-corrected chi connectivity index (χ0v) is 13.5. The number of nitrogens with zero attached hydrogens (tertiary/aromatic N) is 1. The van der Waals surface area contributed by atoms with Crippen molar-refractivity contribution in [2.75, 3.05) is 19.8 Å². The highest BCUT2D eigenvalue weighted by atomic mass is 16.5. The van der Waals surface area contributed by atoms with Crippen LogP contribution in [0.25, 0.3) is 0 Å². The molecule has 21 heavy (non-hydrogen) atoms. The molecule has 116 valence electrons. The zero-order valence-electron chi connectivity index (χ0n) is 13.5. The van der Waals surface area contributed by atoms with Crippen LogP contribution >= 0.6 is 0 Å². The van der Waals surface area contributed by atoms with Gasteiger partial charge in [-0.3, -0.25) is 4.79 Å². The van der Waals surface area contributed by atoms with Crippen molar-refractivity contribution in [3.05, 3.63) is 23.8 Å². The van der Waals surface area contributed by atoms with E-state index in [1.165, 1.54) is 0 Å². The third-order valence-corrected chi connectivity index (χ3v) is 4.22. The average molecular weight is 290 g/mol. The molecule has 1 saturated carbocycles. The van der Waals surface area contributed by atoms with Crippen LogP contribution in [-0.4, -0.2) is 31.0 Å². The standard InChI is InChI=1S/C17H26N2O2/c1-17(2)9-7-13(8-10-17)21-15-11-12(18)5-6-14(15)16(20)19(3)4/h5-6,11,13H,7-10,18H2,1-4H3. The fourth-order valence-electron chi connectivity index (χ4n) is 2.72. The van der Waals surface area contributed by atoms with Crippen LogP contribution in [0.5, 0.6) is 5.75 Å². The van der Waals surface area contributed by atoms with Crippen LogP contribution in [0.4, 0.5) is 5.69 Å². The Hall–Kier alpha value is -1.71. The van der Waals surface area contributed by atoms with Gasteiger partial charge in [0.15, 0.2) is 0 Å².